The van der Waals surface area contributed by atoms with Crippen molar-refractivity contribution < 1.29 is 36.5 Å². The Balaban J connectivity index is 1.14. The Morgan fingerprint density at radius 3 is 2.26 bits per heavy atom. The highest BCUT2D eigenvalue weighted by atomic mass is 19.1. The number of halogens is 4. The highest BCUT2D eigenvalue weighted by Crippen LogP contribution is 2.47. The molecule has 3 aromatic carbocycles. The van der Waals surface area contributed by atoms with Crippen LogP contribution in [-0.2, 0) is 16.0 Å². The summed E-state index contributed by atoms with van der Waals surface area (Å²) in [5.74, 6) is -3.17. The maximum Gasteiger partial charge on any atom is 0.281 e. The molecule has 2 fully saturated rings. The van der Waals surface area contributed by atoms with E-state index in [2.05, 4.69) is 10.4 Å². The SMILES string of the molecule is CC1C2=CC=N[N+]21CC(=O)N1CC(CCc2c(F)cc(F)cc2F)CC1C(=O)Nc1ccc(Oc2ccc(F)cc2)cc1. The smallest absolute Gasteiger partial charge is 0.281 e. The quantitative estimate of drug-likeness (QED) is 0.190. The van der Waals surface area contributed by atoms with E-state index >= 15 is 0 Å². The minimum atomic E-state index is -0.988. The van der Waals surface area contributed by atoms with Gasteiger partial charge in [0, 0.05) is 42.9 Å². The van der Waals surface area contributed by atoms with E-state index in [1.807, 2.05) is 13.0 Å². The monoisotopic (exact) mass is 593 g/mol. The predicted octanol–water partition coefficient (Wildman–Crippen LogP) is 5.93. The van der Waals surface area contributed by atoms with Gasteiger partial charge in [0.2, 0.25) is 5.91 Å². The number of anilines is 1. The third kappa shape index (κ3) is 5.77. The fourth-order valence-corrected chi connectivity index (χ4v) is 6.00. The molecule has 4 unspecified atom stereocenters. The minimum absolute atomic E-state index is 0.00269. The van der Waals surface area contributed by atoms with Gasteiger partial charge in [0.15, 0.2) is 18.3 Å². The molecule has 2 amide bonds. The van der Waals surface area contributed by atoms with Gasteiger partial charge in [-0.3, -0.25) is 9.59 Å². The normalized spacial score (nSPS) is 23.6. The molecule has 1 N–H and O–H groups in total. The van der Waals surface area contributed by atoms with Crippen molar-refractivity contribution in [3.05, 3.63) is 101 Å². The van der Waals surface area contributed by atoms with Crippen molar-refractivity contribution in [3.63, 3.8) is 0 Å². The molecule has 222 valence electrons. The first-order chi connectivity index (χ1) is 20.6. The van der Waals surface area contributed by atoms with Gasteiger partial charge in [0.1, 0.15) is 40.8 Å². The summed E-state index contributed by atoms with van der Waals surface area (Å²) in [6.07, 6.45) is 4.18. The van der Waals surface area contributed by atoms with Crippen LogP contribution in [0.2, 0.25) is 0 Å². The van der Waals surface area contributed by atoms with Gasteiger partial charge in [-0.15, -0.1) is 4.59 Å². The van der Waals surface area contributed by atoms with Crippen LogP contribution in [0.15, 0.2) is 77.5 Å². The summed E-state index contributed by atoms with van der Waals surface area (Å²) in [5, 5.41) is 7.33. The first-order valence-corrected chi connectivity index (χ1v) is 14.0. The Morgan fingerprint density at radius 2 is 1.63 bits per heavy atom. The third-order valence-corrected chi connectivity index (χ3v) is 8.43. The van der Waals surface area contributed by atoms with Gasteiger partial charge in [-0.2, -0.15) is 0 Å². The number of amides is 2. The number of quaternary nitrogens is 1. The zero-order chi connectivity index (χ0) is 30.3. The van der Waals surface area contributed by atoms with Crippen molar-refractivity contribution in [2.75, 3.05) is 18.4 Å². The maximum absolute atomic E-state index is 14.3. The second-order valence-corrected chi connectivity index (χ2v) is 11.1. The van der Waals surface area contributed by atoms with Crippen LogP contribution in [0.3, 0.4) is 0 Å². The molecule has 3 aliphatic rings. The van der Waals surface area contributed by atoms with Crippen molar-refractivity contribution in [2.24, 2.45) is 11.0 Å². The van der Waals surface area contributed by atoms with Crippen molar-refractivity contribution in [1.82, 2.24) is 4.90 Å². The number of carbonyl (C=O) groups is 2. The number of nitrogens with zero attached hydrogens (tertiary/aromatic N) is 3. The molecule has 0 aromatic heterocycles. The standard InChI is InChI=1S/C32H28F4N4O3/c1-19-30-12-13-37-40(19,30)18-31(41)39-17-20(2-11-26-27(35)15-22(34)16-28(26)36)14-29(39)32(42)38-23-5-9-25(10-6-23)43-24-7-3-21(33)4-8-24/h3-10,12-13,15-16,19-20,29H,2,11,14,17-18H2,1H3/p+1. The second kappa shape index (κ2) is 11.3. The number of allylic oxidation sites excluding steroid dienone is 1. The van der Waals surface area contributed by atoms with Crippen LogP contribution < -0.4 is 10.1 Å². The van der Waals surface area contributed by atoms with Crippen molar-refractivity contribution in [2.45, 2.75) is 38.3 Å². The molecule has 2 saturated heterocycles. The van der Waals surface area contributed by atoms with Gasteiger partial charge < -0.3 is 15.0 Å². The fourth-order valence-electron chi connectivity index (χ4n) is 6.00. The van der Waals surface area contributed by atoms with Crippen LogP contribution in [0.25, 0.3) is 0 Å². The molecule has 3 heterocycles. The van der Waals surface area contributed by atoms with E-state index in [1.54, 1.807) is 30.5 Å². The van der Waals surface area contributed by atoms with Crippen LogP contribution in [-0.4, -0.2) is 52.7 Å². The van der Waals surface area contributed by atoms with Gasteiger partial charge in [0.05, 0.1) is 6.21 Å². The van der Waals surface area contributed by atoms with Gasteiger partial charge in [-0.05, 0) is 73.7 Å². The number of rotatable bonds is 9. The summed E-state index contributed by atoms with van der Waals surface area (Å²) >= 11 is 0. The lowest BCUT2D eigenvalue weighted by molar-refractivity contribution is -0.790. The van der Waals surface area contributed by atoms with E-state index in [0.29, 0.717) is 42.2 Å². The van der Waals surface area contributed by atoms with E-state index in [4.69, 9.17) is 4.74 Å². The molecule has 0 bridgehead atoms. The van der Waals surface area contributed by atoms with Gasteiger partial charge in [-0.25, -0.2) is 17.6 Å². The van der Waals surface area contributed by atoms with Crippen molar-refractivity contribution >= 4 is 23.7 Å². The molecular formula is C32H29F4N4O3+. The third-order valence-electron chi connectivity index (χ3n) is 8.43. The summed E-state index contributed by atoms with van der Waals surface area (Å²) in [6.45, 7) is 2.31. The van der Waals surface area contributed by atoms with E-state index in [-0.39, 0.29) is 59.3 Å². The molecular weight excluding hydrogens is 564 g/mol. The molecule has 0 aliphatic carbocycles. The van der Waals surface area contributed by atoms with Gasteiger partial charge in [0.25, 0.3) is 5.91 Å². The van der Waals surface area contributed by atoms with Crippen molar-refractivity contribution in [1.29, 1.82) is 0 Å². The zero-order valence-electron chi connectivity index (χ0n) is 23.3. The first kappa shape index (κ1) is 28.6. The average Bonchev–Trinajstić information content (AvgIpc) is 3.33. The molecule has 7 nitrogen and oxygen atoms in total. The Bertz CT molecular complexity index is 1600. The molecule has 3 aliphatic heterocycles. The average molecular weight is 594 g/mol. The van der Waals surface area contributed by atoms with Crippen LogP contribution in [0.5, 0.6) is 11.5 Å². The van der Waals surface area contributed by atoms with Gasteiger partial charge >= 0.3 is 0 Å². The topological polar surface area (TPSA) is 71.0 Å². The zero-order valence-corrected chi connectivity index (χ0v) is 23.3. The molecule has 43 heavy (non-hydrogen) atoms. The van der Waals surface area contributed by atoms with E-state index in [1.165, 1.54) is 29.2 Å². The molecule has 0 radical (unpaired) electrons. The van der Waals surface area contributed by atoms with E-state index < -0.39 is 23.5 Å². The van der Waals surface area contributed by atoms with Crippen LogP contribution in [0.1, 0.15) is 25.3 Å². The number of hydrogen-bond donors (Lipinski definition) is 1. The van der Waals surface area contributed by atoms with E-state index in [9.17, 15) is 27.2 Å². The molecule has 4 atom stereocenters. The summed E-state index contributed by atoms with van der Waals surface area (Å²) in [4.78, 5) is 28.6. The van der Waals surface area contributed by atoms with Crippen LogP contribution in [0, 0.1) is 29.2 Å². The summed E-state index contributed by atoms with van der Waals surface area (Å²) in [6, 6.07) is 12.8. The number of carbonyl (C=O) groups excluding carboxylic acids is 2. The molecule has 0 saturated carbocycles. The molecule has 6 rings (SSSR count). The number of hydrogen-bond acceptors (Lipinski definition) is 4. The summed E-state index contributed by atoms with van der Waals surface area (Å²) in [7, 11) is 0. The van der Waals surface area contributed by atoms with Crippen LogP contribution >= 0.6 is 0 Å². The Kier molecular flexibility index (Phi) is 7.51. The first-order valence-electron chi connectivity index (χ1n) is 14.0. The van der Waals surface area contributed by atoms with Crippen molar-refractivity contribution in [3.8, 4) is 11.5 Å². The lowest BCUT2D eigenvalue weighted by atomic mass is 9.96. The molecule has 0 spiro atoms. The molecule has 11 heteroatoms. The van der Waals surface area contributed by atoms with Crippen LogP contribution in [0.4, 0.5) is 23.2 Å². The Labute approximate surface area is 245 Å². The summed E-state index contributed by atoms with van der Waals surface area (Å²) < 4.78 is 61.0. The lowest BCUT2D eigenvalue weighted by Crippen LogP contribution is -2.47. The largest absolute Gasteiger partial charge is 0.457 e. The molecule has 3 aromatic rings. The van der Waals surface area contributed by atoms with Gasteiger partial charge in [-0.1, -0.05) is 5.10 Å². The second-order valence-electron chi connectivity index (χ2n) is 11.1. The maximum atomic E-state index is 14.3. The fraction of sp³-hybridized carbons (Fsp3) is 0.281. The number of benzene rings is 3. The number of likely N-dealkylation sites (tertiary alicyclic amines) is 1. The number of nitrogens with one attached hydrogen (secondary N) is 1. The highest BCUT2D eigenvalue weighted by molar-refractivity contribution is 5.97. The highest BCUT2D eigenvalue weighted by Gasteiger charge is 2.64. The number of fused-ring (bicyclic) bond motifs is 1. The predicted molar refractivity (Wildman–Crippen MR) is 151 cm³/mol. The number of ether oxygens (including phenoxy) is 1. The minimum Gasteiger partial charge on any atom is -0.457 e. The Hall–Kier alpha value is -4.51. The Morgan fingerprint density at radius 1 is 0.977 bits per heavy atom. The summed E-state index contributed by atoms with van der Waals surface area (Å²) in [5.41, 5.74) is 1.31. The lowest BCUT2D eigenvalue weighted by Gasteiger charge is -2.24. The van der Waals surface area contributed by atoms with E-state index in [0.717, 1.165) is 5.70 Å².